The number of ether oxygens (including phenoxy) is 2. The Kier molecular flexibility index (Phi) is 44.3. The van der Waals surface area contributed by atoms with Gasteiger partial charge in [-0.05, 0) is 81.6 Å². The lowest BCUT2D eigenvalue weighted by Crippen LogP contribution is -2.29. The van der Waals surface area contributed by atoms with Crippen molar-refractivity contribution in [3.63, 3.8) is 0 Å². The average molecular weight is 887 g/mol. The molecule has 8 heteroatoms. The predicted molar refractivity (Wildman–Crippen MR) is 239 cm³/mol. The summed E-state index contributed by atoms with van der Waals surface area (Å²) in [5, 5.41) is 0. The summed E-state index contributed by atoms with van der Waals surface area (Å²) in [4.78, 5) is 14.6. The van der Waals surface area contributed by atoms with E-state index in [1.807, 2.05) is 23.0 Å². The van der Waals surface area contributed by atoms with Crippen LogP contribution in [0.25, 0.3) is 0 Å². The van der Waals surface area contributed by atoms with Crippen molar-refractivity contribution in [2.45, 2.75) is 213 Å². The van der Waals surface area contributed by atoms with Crippen LogP contribution in [0.5, 0.6) is 0 Å². The summed E-state index contributed by atoms with van der Waals surface area (Å²) in [6, 6.07) is 0. The van der Waals surface area contributed by atoms with Gasteiger partial charge in [0.05, 0.1) is 25.6 Å². The molecule has 1 unspecified atom stereocenters. The highest BCUT2D eigenvalue weighted by Crippen LogP contribution is 2.26. The largest absolute Gasteiger partial charge is 0.498 e. The van der Waals surface area contributed by atoms with Gasteiger partial charge in [0.25, 0.3) is 0 Å². The molecule has 0 saturated heterocycles. The molecule has 0 heterocycles. The van der Waals surface area contributed by atoms with Crippen molar-refractivity contribution in [1.29, 1.82) is 0 Å². The standard InChI is InChI=1S/C44H85ClINO4S/c1-4-6-8-10-12-13-14-19-26-34-44(48)50-39-29-21-16-20-27-35-47(37-40-51-46)36-28-23-30-38-49-42(3)43(32-24-17-11-9-7-5-2)33-25-18-15-22-31-41-52-45/h43H,3-41H2,1-2H3. The van der Waals surface area contributed by atoms with Gasteiger partial charge in [0.1, 0.15) is 23.0 Å². The molecule has 0 saturated carbocycles. The maximum Gasteiger partial charge on any atom is 0.305 e. The van der Waals surface area contributed by atoms with Crippen molar-refractivity contribution in [2.24, 2.45) is 5.92 Å². The second-order valence-corrected chi connectivity index (χ2v) is 17.1. The van der Waals surface area contributed by atoms with Gasteiger partial charge in [-0.25, -0.2) is 0 Å². The molecule has 52 heavy (non-hydrogen) atoms. The number of rotatable bonds is 44. The van der Waals surface area contributed by atoms with E-state index >= 15 is 0 Å². The van der Waals surface area contributed by atoms with Crippen LogP contribution in [0.1, 0.15) is 213 Å². The van der Waals surface area contributed by atoms with Crippen LogP contribution in [-0.2, 0) is 17.3 Å². The Hall–Kier alpha value is 0.300. The minimum absolute atomic E-state index is 0.00426. The number of carbonyl (C=O) groups is 1. The molecule has 0 aromatic heterocycles. The average Bonchev–Trinajstić information content (AvgIpc) is 3.15. The molecule has 0 spiro atoms. The van der Waals surface area contributed by atoms with Crippen LogP contribution < -0.4 is 0 Å². The fourth-order valence-electron chi connectivity index (χ4n) is 6.96. The van der Waals surface area contributed by atoms with Crippen LogP contribution in [0.3, 0.4) is 0 Å². The Labute approximate surface area is 347 Å². The summed E-state index contributed by atoms with van der Waals surface area (Å²) in [6.07, 6.45) is 38.3. The highest BCUT2D eigenvalue weighted by atomic mass is 127. The van der Waals surface area contributed by atoms with Gasteiger partial charge >= 0.3 is 5.97 Å². The van der Waals surface area contributed by atoms with E-state index in [2.05, 4.69) is 25.3 Å². The Bertz CT molecular complexity index is 749. The van der Waals surface area contributed by atoms with Crippen LogP contribution >= 0.6 is 44.7 Å². The molecule has 0 bridgehead atoms. The van der Waals surface area contributed by atoms with Gasteiger partial charge in [0, 0.05) is 24.6 Å². The van der Waals surface area contributed by atoms with Crippen molar-refractivity contribution in [3.05, 3.63) is 12.3 Å². The molecule has 0 aliphatic rings. The second-order valence-electron chi connectivity index (χ2n) is 15.2. The summed E-state index contributed by atoms with van der Waals surface area (Å²) < 4.78 is 17.1. The summed E-state index contributed by atoms with van der Waals surface area (Å²) >= 11 is 2.01. The third kappa shape index (κ3) is 38.6. The molecule has 0 rings (SSSR count). The zero-order valence-corrected chi connectivity index (χ0v) is 38.1. The lowest BCUT2D eigenvalue weighted by Gasteiger charge is -2.22. The van der Waals surface area contributed by atoms with Gasteiger partial charge in [0.15, 0.2) is 0 Å². The molecule has 0 N–H and O–H groups in total. The number of halogens is 2. The fourth-order valence-corrected chi connectivity index (χ4v) is 7.79. The zero-order valence-electron chi connectivity index (χ0n) is 34.4. The minimum atomic E-state index is -0.00426. The molecule has 0 radical (unpaired) electrons. The van der Waals surface area contributed by atoms with Crippen LogP contribution in [0.4, 0.5) is 0 Å². The number of hydrogen-bond acceptors (Lipinski definition) is 6. The molecule has 310 valence electrons. The van der Waals surface area contributed by atoms with Gasteiger partial charge in [-0.2, -0.15) is 0 Å². The molecule has 0 aliphatic heterocycles. The Morgan fingerprint density at radius 1 is 0.577 bits per heavy atom. The van der Waals surface area contributed by atoms with Crippen LogP contribution in [0.2, 0.25) is 0 Å². The molecular weight excluding hydrogens is 801 g/mol. The van der Waals surface area contributed by atoms with E-state index in [0.717, 1.165) is 76.5 Å². The number of allylic oxidation sites excluding steroid dienone is 1. The Morgan fingerprint density at radius 2 is 1.02 bits per heavy atom. The fraction of sp³-hybridized carbons (Fsp3) is 0.932. The normalized spacial score (nSPS) is 12.1. The molecule has 0 amide bonds. The molecule has 0 aliphatic carbocycles. The van der Waals surface area contributed by atoms with E-state index in [1.165, 1.54) is 171 Å². The van der Waals surface area contributed by atoms with E-state index in [0.29, 0.717) is 18.9 Å². The van der Waals surface area contributed by atoms with Crippen LogP contribution in [-0.4, -0.2) is 56.1 Å². The third-order valence-corrected chi connectivity index (χ3v) is 11.7. The first-order valence-electron chi connectivity index (χ1n) is 22.3. The van der Waals surface area contributed by atoms with Gasteiger partial charge in [-0.3, -0.25) is 4.79 Å². The van der Waals surface area contributed by atoms with Crippen molar-refractivity contribution in [3.8, 4) is 0 Å². The summed E-state index contributed by atoms with van der Waals surface area (Å²) in [7, 11) is 7.20. The van der Waals surface area contributed by atoms with Crippen LogP contribution in [0, 0.1) is 5.92 Å². The molecular formula is C44H85ClINO4S. The van der Waals surface area contributed by atoms with Gasteiger partial charge < -0.3 is 17.4 Å². The highest BCUT2D eigenvalue weighted by molar-refractivity contribution is 14.1. The van der Waals surface area contributed by atoms with E-state index in [9.17, 15) is 4.79 Å². The Balaban J connectivity index is 4.07. The second kappa shape index (κ2) is 44.0. The number of hydrogen-bond donors (Lipinski definition) is 0. The Morgan fingerprint density at radius 3 is 1.56 bits per heavy atom. The number of carbonyl (C=O) groups excluding carboxylic acids is 1. The van der Waals surface area contributed by atoms with Gasteiger partial charge in [0.2, 0.25) is 0 Å². The maximum absolute atomic E-state index is 12.0. The minimum Gasteiger partial charge on any atom is -0.498 e. The summed E-state index contributed by atoms with van der Waals surface area (Å²) in [5.74, 6) is 2.62. The highest BCUT2D eigenvalue weighted by Gasteiger charge is 2.14. The smallest absolute Gasteiger partial charge is 0.305 e. The van der Waals surface area contributed by atoms with Crippen molar-refractivity contribution >= 4 is 50.6 Å². The van der Waals surface area contributed by atoms with Crippen molar-refractivity contribution < 1.29 is 17.3 Å². The van der Waals surface area contributed by atoms with E-state index in [1.54, 1.807) is 0 Å². The quantitative estimate of drug-likeness (QED) is 0.0263. The monoisotopic (exact) mass is 885 g/mol. The van der Waals surface area contributed by atoms with E-state index in [-0.39, 0.29) is 5.97 Å². The SMILES string of the molecule is C=C(OCCCCCN(CCCCCCCOC(=O)CCCCCCCCCCC)CCOI)C(CCCCCCCC)CCCCCCCSCl. The molecule has 1 atom stereocenters. The number of unbranched alkanes of at least 4 members (excludes halogenated alkanes) is 23. The van der Waals surface area contributed by atoms with Crippen molar-refractivity contribution in [2.75, 3.05) is 45.2 Å². The lowest BCUT2D eigenvalue weighted by atomic mass is 9.93. The number of nitrogens with zero attached hydrogens (tertiary/aromatic N) is 1. The predicted octanol–water partition coefficient (Wildman–Crippen LogP) is 15.4. The first-order valence-corrected chi connectivity index (χ1v) is 24.9. The van der Waals surface area contributed by atoms with E-state index in [4.69, 9.17) is 23.2 Å². The molecule has 0 aromatic rings. The molecule has 0 aromatic carbocycles. The molecule has 0 fully saturated rings. The first kappa shape index (κ1) is 52.3. The van der Waals surface area contributed by atoms with Crippen LogP contribution in [0.15, 0.2) is 12.3 Å². The third-order valence-electron chi connectivity index (χ3n) is 10.4. The van der Waals surface area contributed by atoms with Gasteiger partial charge in [-0.1, -0.05) is 166 Å². The number of esters is 1. The zero-order chi connectivity index (χ0) is 38.0. The van der Waals surface area contributed by atoms with Gasteiger partial charge in [-0.15, -0.1) is 0 Å². The topological polar surface area (TPSA) is 48.0 Å². The van der Waals surface area contributed by atoms with E-state index < -0.39 is 0 Å². The first-order chi connectivity index (χ1) is 25.6. The molecule has 5 nitrogen and oxygen atoms in total. The summed E-state index contributed by atoms with van der Waals surface area (Å²) in [5.41, 5.74) is 0. The summed E-state index contributed by atoms with van der Waals surface area (Å²) in [6.45, 7) is 14.4. The van der Waals surface area contributed by atoms with Crippen molar-refractivity contribution in [1.82, 2.24) is 4.90 Å². The maximum atomic E-state index is 12.0. The lowest BCUT2D eigenvalue weighted by molar-refractivity contribution is -0.143.